The van der Waals surface area contributed by atoms with Crippen LogP contribution in [0, 0.1) is 0 Å². The second kappa shape index (κ2) is 4.41. The van der Waals surface area contributed by atoms with Crippen molar-refractivity contribution >= 4 is 30.1 Å². The number of rotatable bonds is 4. The molecule has 0 aromatic carbocycles. The molecule has 1 saturated heterocycles. The molecule has 1 fully saturated rings. The number of hydrogen-bond acceptors (Lipinski definition) is 2. The van der Waals surface area contributed by atoms with Crippen LogP contribution in [0.15, 0.2) is 0 Å². The van der Waals surface area contributed by atoms with E-state index in [2.05, 4.69) is 0 Å². The predicted octanol–water partition coefficient (Wildman–Crippen LogP) is -2.41. The molecule has 56 valence electrons. The fourth-order valence-electron chi connectivity index (χ4n) is 0.284. The van der Waals surface area contributed by atoms with Crippen LogP contribution in [0.3, 0.4) is 0 Å². The third-order valence-corrected chi connectivity index (χ3v) is 18.6. The molecule has 0 spiro atoms. The van der Waals surface area contributed by atoms with Crippen LogP contribution < -0.4 is 22.7 Å². The molecular formula is C4H9I2NOP-. The van der Waals surface area contributed by atoms with Gasteiger partial charge in [0.15, 0.2) is 0 Å². The average molecular weight is 372 g/mol. The van der Waals surface area contributed by atoms with Crippen molar-refractivity contribution in [1.82, 2.24) is 0 Å². The Morgan fingerprint density at radius 1 is 1.78 bits per heavy atom. The summed E-state index contributed by atoms with van der Waals surface area (Å²) in [5.74, 6) is 0. The van der Waals surface area contributed by atoms with Crippen LogP contribution in [0.1, 0.15) is 0 Å². The van der Waals surface area contributed by atoms with Gasteiger partial charge in [0.2, 0.25) is 0 Å². The molecule has 2 nitrogen and oxygen atoms in total. The quantitative estimate of drug-likeness (QED) is 0.340. The van der Waals surface area contributed by atoms with E-state index in [-0.39, 0.29) is 24.6 Å². The first-order chi connectivity index (χ1) is 4.33. The molecule has 1 atom stereocenters. The standard InChI is InChI=1S/C4H9I2NOP/c7-9-4(8)3-5-6-1-2-6/h9H,1-3,7H2/q-1. The molecule has 1 heterocycles. The van der Waals surface area contributed by atoms with Crippen LogP contribution >= 0.6 is 24.6 Å². The summed E-state index contributed by atoms with van der Waals surface area (Å²) in [5, 5.41) is 0. The van der Waals surface area contributed by atoms with Gasteiger partial charge in [-0.1, -0.05) is 0 Å². The molecule has 0 bridgehead atoms. The van der Waals surface area contributed by atoms with Gasteiger partial charge in [-0.15, -0.1) is 0 Å². The Morgan fingerprint density at radius 3 is 2.89 bits per heavy atom. The van der Waals surface area contributed by atoms with Crippen molar-refractivity contribution < 1.29 is 22.0 Å². The molecule has 0 aromatic rings. The van der Waals surface area contributed by atoms with Gasteiger partial charge in [0.25, 0.3) is 0 Å². The monoisotopic (exact) mass is 372 g/mol. The zero-order valence-corrected chi connectivity index (χ0v) is 10.2. The van der Waals surface area contributed by atoms with Crippen molar-refractivity contribution in [2.24, 2.45) is 5.50 Å². The minimum absolute atomic E-state index is 0.0725. The van der Waals surface area contributed by atoms with Gasteiger partial charge in [0.1, 0.15) is 0 Å². The second-order valence-corrected chi connectivity index (χ2v) is 19.8. The maximum absolute atomic E-state index is 10.7. The van der Waals surface area contributed by atoms with Crippen LogP contribution in [0.4, 0.5) is 0 Å². The van der Waals surface area contributed by atoms with Gasteiger partial charge in [-0.25, -0.2) is 0 Å². The number of halogens is 2. The summed E-state index contributed by atoms with van der Waals surface area (Å²) >= 11 is 0.0668. The number of carbonyl (C=O) groups is 1. The zero-order valence-electron chi connectivity index (χ0n) is 4.86. The van der Waals surface area contributed by atoms with Gasteiger partial charge in [0.05, 0.1) is 0 Å². The molecular weight excluding hydrogens is 363 g/mol. The van der Waals surface area contributed by atoms with Gasteiger partial charge in [-0.3, -0.25) is 0 Å². The van der Waals surface area contributed by atoms with Crippen molar-refractivity contribution in [3.8, 4) is 0 Å². The molecule has 0 radical (unpaired) electrons. The number of alkyl halides is 3. The molecule has 0 amide bonds. The van der Waals surface area contributed by atoms with Gasteiger partial charge < -0.3 is 0 Å². The minimum atomic E-state index is -0.297. The third-order valence-electron chi connectivity index (χ3n) is 0.808. The Kier molecular flexibility index (Phi) is 4.22. The Labute approximate surface area is 70.2 Å². The predicted molar refractivity (Wildman–Crippen MR) is 46.1 cm³/mol. The van der Waals surface area contributed by atoms with E-state index in [4.69, 9.17) is 5.50 Å². The van der Waals surface area contributed by atoms with Crippen molar-refractivity contribution in [3.63, 3.8) is 0 Å². The SMILES string of the molecule is NPC(=O)C[I-]I1CC1. The summed E-state index contributed by atoms with van der Waals surface area (Å²) in [6.45, 7) is 0. The first-order valence-corrected chi connectivity index (χ1v) is 14.5. The molecule has 1 aliphatic heterocycles. The normalized spacial score (nSPS) is 21.7. The van der Waals surface area contributed by atoms with Crippen molar-refractivity contribution in [2.45, 2.75) is 0 Å². The van der Waals surface area contributed by atoms with Crippen LogP contribution in [0.2, 0.25) is 0 Å². The van der Waals surface area contributed by atoms with Gasteiger partial charge in [0, 0.05) is 0 Å². The maximum atomic E-state index is 10.7. The van der Waals surface area contributed by atoms with E-state index in [1.807, 2.05) is 0 Å². The van der Waals surface area contributed by atoms with E-state index >= 15 is 0 Å². The zero-order chi connectivity index (χ0) is 6.69. The molecule has 0 aromatic heterocycles. The number of carbonyl (C=O) groups excluding carboxylic acids is 1. The third kappa shape index (κ3) is 4.06. The summed E-state index contributed by atoms with van der Waals surface area (Å²) in [6.07, 6.45) is 0. The van der Waals surface area contributed by atoms with Gasteiger partial charge in [-0.2, -0.15) is 0 Å². The van der Waals surface area contributed by atoms with Gasteiger partial charge in [-0.05, 0) is 0 Å². The fourth-order valence-corrected chi connectivity index (χ4v) is 21.0. The van der Waals surface area contributed by atoms with Crippen molar-refractivity contribution in [2.75, 3.05) is 13.3 Å². The van der Waals surface area contributed by atoms with Crippen LogP contribution in [-0.4, -0.2) is 18.8 Å². The summed E-state index contributed by atoms with van der Waals surface area (Å²) in [4.78, 5) is 10.7. The molecule has 0 saturated carbocycles. The average Bonchev–Trinajstić information content (AvgIpc) is 2.65. The van der Waals surface area contributed by atoms with Crippen LogP contribution in [0.5, 0.6) is 0 Å². The number of nitrogens with two attached hydrogens (primary N) is 1. The van der Waals surface area contributed by atoms with E-state index in [0.29, 0.717) is 22.8 Å². The van der Waals surface area contributed by atoms with Crippen LogP contribution in [-0.2, 0) is 4.79 Å². The summed E-state index contributed by atoms with van der Waals surface area (Å²) in [6, 6.07) is 0. The molecule has 5 heteroatoms. The fraction of sp³-hybridized carbons (Fsp3) is 0.750. The van der Waals surface area contributed by atoms with Crippen molar-refractivity contribution in [3.05, 3.63) is 0 Å². The van der Waals surface area contributed by atoms with E-state index < -0.39 is 0 Å². The molecule has 1 aliphatic rings. The summed E-state index contributed by atoms with van der Waals surface area (Å²) in [7, 11) is 0.0725. The Hall–Kier alpha value is 1.52. The molecule has 1 unspecified atom stereocenters. The first-order valence-electron chi connectivity index (χ1n) is 2.54. The number of hydrogen-bond donors (Lipinski definition) is 1. The summed E-state index contributed by atoms with van der Waals surface area (Å²) < 4.78 is 3.98. The van der Waals surface area contributed by atoms with Gasteiger partial charge >= 0.3 is 70.9 Å². The molecule has 2 N–H and O–H groups in total. The Bertz CT molecular complexity index is 117. The molecule has 9 heavy (non-hydrogen) atoms. The molecule has 0 aliphatic carbocycles. The van der Waals surface area contributed by atoms with Crippen molar-refractivity contribution in [1.29, 1.82) is 0 Å². The summed E-state index contributed by atoms with van der Waals surface area (Å²) in [5.41, 5.74) is 5.52. The van der Waals surface area contributed by atoms with E-state index in [1.165, 1.54) is 8.86 Å². The molecule has 1 rings (SSSR count). The first kappa shape index (κ1) is 8.62. The Morgan fingerprint density at radius 2 is 2.44 bits per heavy atom. The van der Waals surface area contributed by atoms with E-state index in [9.17, 15) is 4.79 Å². The van der Waals surface area contributed by atoms with Crippen LogP contribution in [0.25, 0.3) is 0 Å². The topological polar surface area (TPSA) is 43.1 Å². The van der Waals surface area contributed by atoms with E-state index in [1.54, 1.807) is 0 Å². The Balaban J connectivity index is 1.96. The second-order valence-electron chi connectivity index (χ2n) is 1.57. The van der Waals surface area contributed by atoms with E-state index in [0.717, 1.165) is 4.43 Å².